The van der Waals surface area contributed by atoms with Crippen LogP contribution in [0, 0.1) is 0 Å². The number of halogens is 1. The van der Waals surface area contributed by atoms with E-state index in [4.69, 9.17) is 21.7 Å². The van der Waals surface area contributed by atoms with Gasteiger partial charge in [0, 0.05) is 33.9 Å². The highest BCUT2D eigenvalue weighted by Crippen LogP contribution is 2.45. The molecule has 0 saturated heterocycles. The molecule has 3 N–H and O–H groups in total. The number of carbonyl (C=O) groups is 1. The SMILES string of the molecule is O=C(O)CC(O)CC(O)C=Cc1c(C2CC2)nc2ccc(Cl)cc2c1-c1ccccc1. The average Bonchev–Trinajstić information content (AvgIpc) is 3.56. The van der Waals surface area contributed by atoms with Crippen molar-refractivity contribution in [2.24, 2.45) is 0 Å². The van der Waals surface area contributed by atoms with Gasteiger partial charge in [-0.2, -0.15) is 0 Å². The Kier molecular flexibility index (Phi) is 6.37. The van der Waals surface area contributed by atoms with Crippen LogP contribution in [0.5, 0.6) is 0 Å². The number of benzene rings is 2. The zero-order chi connectivity index (χ0) is 22.0. The molecule has 0 amide bonds. The highest BCUT2D eigenvalue weighted by molar-refractivity contribution is 6.31. The number of hydrogen-bond donors (Lipinski definition) is 3. The van der Waals surface area contributed by atoms with Gasteiger partial charge in [0.1, 0.15) is 0 Å². The van der Waals surface area contributed by atoms with Crippen molar-refractivity contribution in [3.8, 4) is 11.1 Å². The molecule has 1 heterocycles. The predicted molar refractivity (Wildman–Crippen MR) is 122 cm³/mol. The van der Waals surface area contributed by atoms with Crippen LogP contribution < -0.4 is 0 Å². The van der Waals surface area contributed by atoms with Gasteiger partial charge in [0.15, 0.2) is 0 Å². The van der Waals surface area contributed by atoms with E-state index in [2.05, 4.69) is 0 Å². The molecule has 31 heavy (non-hydrogen) atoms. The van der Waals surface area contributed by atoms with Crippen LogP contribution >= 0.6 is 11.6 Å². The zero-order valence-corrected chi connectivity index (χ0v) is 17.7. The number of fused-ring (bicyclic) bond motifs is 1. The highest BCUT2D eigenvalue weighted by atomic mass is 35.5. The summed E-state index contributed by atoms with van der Waals surface area (Å²) < 4.78 is 0. The lowest BCUT2D eigenvalue weighted by Crippen LogP contribution is -2.19. The molecular weight excluding hydrogens is 414 g/mol. The third-order valence-corrected chi connectivity index (χ3v) is 5.68. The van der Waals surface area contributed by atoms with Crippen molar-refractivity contribution in [3.63, 3.8) is 0 Å². The van der Waals surface area contributed by atoms with Crippen molar-refractivity contribution in [1.82, 2.24) is 4.98 Å². The lowest BCUT2D eigenvalue weighted by Gasteiger charge is -2.16. The maximum atomic E-state index is 10.8. The van der Waals surface area contributed by atoms with E-state index in [0.29, 0.717) is 10.9 Å². The summed E-state index contributed by atoms with van der Waals surface area (Å²) >= 11 is 6.31. The highest BCUT2D eigenvalue weighted by Gasteiger charge is 2.29. The molecular formula is C25H24ClNO4. The van der Waals surface area contributed by atoms with Crippen LogP contribution in [0.4, 0.5) is 0 Å². The van der Waals surface area contributed by atoms with Crippen molar-refractivity contribution >= 4 is 34.5 Å². The normalized spacial score (nSPS) is 16.0. The van der Waals surface area contributed by atoms with Crippen molar-refractivity contribution in [2.45, 2.75) is 43.8 Å². The van der Waals surface area contributed by atoms with E-state index < -0.39 is 24.6 Å². The second-order valence-electron chi connectivity index (χ2n) is 8.00. The van der Waals surface area contributed by atoms with Gasteiger partial charge in [-0.15, -0.1) is 0 Å². The summed E-state index contributed by atoms with van der Waals surface area (Å²) in [4.78, 5) is 15.7. The molecule has 2 unspecified atom stereocenters. The third kappa shape index (κ3) is 5.13. The second-order valence-corrected chi connectivity index (χ2v) is 8.44. The maximum absolute atomic E-state index is 10.8. The summed E-state index contributed by atoms with van der Waals surface area (Å²) in [6, 6.07) is 15.7. The Balaban J connectivity index is 1.81. The first-order valence-corrected chi connectivity index (χ1v) is 10.7. The van der Waals surface area contributed by atoms with E-state index in [0.717, 1.165) is 46.1 Å². The van der Waals surface area contributed by atoms with Crippen LogP contribution in [-0.4, -0.2) is 38.5 Å². The zero-order valence-electron chi connectivity index (χ0n) is 16.9. The fourth-order valence-corrected chi connectivity index (χ4v) is 4.04. The van der Waals surface area contributed by atoms with Crippen LogP contribution in [-0.2, 0) is 4.79 Å². The minimum atomic E-state index is -1.11. The number of aliphatic carboxylic acids is 1. The van der Waals surface area contributed by atoms with Crippen molar-refractivity contribution < 1.29 is 20.1 Å². The number of nitrogens with zero attached hydrogens (tertiary/aromatic N) is 1. The minimum Gasteiger partial charge on any atom is -0.481 e. The smallest absolute Gasteiger partial charge is 0.305 e. The number of carboxylic acids is 1. The van der Waals surface area contributed by atoms with E-state index in [1.165, 1.54) is 0 Å². The lowest BCUT2D eigenvalue weighted by atomic mass is 9.92. The van der Waals surface area contributed by atoms with E-state index in [1.54, 1.807) is 6.08 Å². The molecule has 1 aromatic heterocycles. The van der Waals surface area contributed by atoms with E-state index in [1.807, 2.05) is 54.6 Å². The summed E-state index contributed by atoms with van der Waals surface area (Å²) in [5.74, 6) is -0.724. The Labute approximate surface area is 185 Å². The molecule has 0 aliphatic heterocycles. The fraction of sp³-hybridized carbons (Fsp3) is 0.280. The molecule has 5 nitrogen and oxygen atoms in total. The van der Waals surface area contributed by atoms with Gasteiger partial charge in [-0.05, 0) is 36.6 Å². The summed E-state index contributed by atoms with van der Waals surface area (Å²) in [5.41, 5.74) is 4.82. The van der Waals surface area contributed by atoms with Gasteiger partial charge in [0.05, 0.1) is 29.8 Å². The second kappa shape index (κ2) is 9.18. The van der Waals surface area contributed by atoms with Crippen LogP contribution in [0.1, 0.15) is 42.9 Å². The first-order chi connectivity index (χ1) is 14.9. The van der Waals surface area contributed by atoms with E-state index in [-0.39, 0.29) is 6.42 Å². The summed E-state index contributed by atoms with van der Waals surface area (Å²) in [6.45, 7) is 0. The minimum absolute atomic E-state index is 0.0466. The Morgan fingerprint density at radius 3 is 2.58 bits per heavy atom. The van der Waals surface area contributed by atoms with Gasteiger partial charge < -0.3 is 15.3 Å². The number of aliphatic hydroxyl groups is 2. The molecule has 2 atom stereocenters. The molecule has 0 bridgehead atoms. The van der Waals surface area contributed by atoms with Gasteiger partial charge >= 0.3 is 5.97 Å². The van der Waals surface area contributed by atoms with Crippen molar-refractivity contribution in [1.29, 1.82) is 0 Å². The van der Waals surface area contributed by atoms with Crippen molar-refractivity contribution in [2.75, 3.05) is 0 Å². The molecule has 1 fully saturated rings. The molecule has 2 aromatic carbocycles. The first-order valence-electron chi connectivity index (χ1n) is 10.4. The number of hydrogen-bond acceptors (Lipinski definition) is 4. The van der Waals surface area contributed by atoms with Gasteiger partial charge in [0.2, 0.25) is 0 Å². The summed E-state index contributed by atoms with van der Waals surface area (Å²) in [6.07, 6.45) is 3.07. The summed E-state index contributed by atoms with van der Waals surface area (Å²) in [5, 5.41) is 30.6. The number of carboxylic acid groups (broad SMARTS) is 1. The molecule has 6 heteroatoms. The monoisotopic (exact) mass is 437 g/mol. The fourth-order valence-electron chi connectivity index (χ4n) is 3.87. The molecule has 1 aliphatic rings. The molecule has 3 aromatic rings. The van der Waals surface area contributed by atoms with Crippen LogP contribution in [0.15, 0.2) is 54.6 Å². The predicted octanol–water partition coefficient (Wildman–Crippen LogP) is 5.03. The quantitative estimate of drug-likeness (QED) is 0.459. The first kappa shape index (κ1) is 21.5. The maximum Gasteiger partial charge on any atom is 0.305 e. The van der Waals surface area contributed by atoms with Gasteiger partial charge in [0.25, 0.3) is 0 Å². The Morgan fingerprint density at radius 2 is 1.90 bits per heavy atom. The topological polar surface area (TPSA) is 90.7 Å². The Morgan fingerprint density at radius 1 is 1.16 bits per heavy atom. The van der Waals surface area contributed by atoms with Gasteiger partial charge in [-0.1, -0.05) is 54.1 Å². The Hall–Kier alpha value is -2.73. The molecule has 4 rings (SSSR count). The number of aromatic nitrogens is 1. The number of aliphatic hydroxyl groups excluding tert-OH is 2. The van der Waals surface area contributed by atoms with E-state index in [9.17, 15) is 15.0 Å². The van der Waals surface area contributed by atoms with E-state index >= 15 is 0 Å². The van der Waals surface area contributed by atoms with Crippen molar-refractivity contribution in [3.05, 3.63) is 70.9 Å². The van der Waals surface area contributed by atoms with Crippen LogP contribution in [0.25, 0.3) is 28.1 Å². The third-order valence-electron chi connectivity index (χ3n) is 5.45. The lowest BCUT2D eigenvalue weighted by molar-refractivity contribution is -0.139. The average molecular weight is 438 g/mol. The van der Waals surface area contributed by atoms with Gasteiger partial charge in [-0.25, -0.2) is 0 Å². The molecule has 160 valence electrons. The summed E-state index contributed by atoms with van der Waals surface area (Å²) in [7, 11) is 0. The number of pyridine rings is 1. The van der Waals surface area contributed by atoms with Crippen LogP contribution in [0.3, 0.4) is 0 Å². The van der Waals surface area contributed by atoms with Gasteiger partial charge in [-0.3, -0.25) is 9.78 Å². The Bertz CT molecular complexity index is 1130. The molecule has 0 spiro atoms. The molecule has 0 radical (unpaired) electrons. The molecule has 1 aliphatic carbocycles. The standard InChI is InChI=1S/C25H24ClNO4/c26-17-8-11-22-21(12-17)24(15-4-2-1-3-5-15)20(25(27-22)16-6-7-16)10-9-18(28)13-19(29)14-23(30)31/h1-5,8-12,16,18-19,28-29H,6-7,13-14H2,(H,30,31). The number of rotatable bonds is 8. The van der Waals surface area contributed by atoms with Crippen LogP contribution in [0.2, 0.25) is 5.02 Å². The molecule has 1 saturated carbocycles. The largest absolute Gasteiger partial charge is 0.481 e.